The Balaban J connectivity index is 0.000000461. The SMILES string of the molecule is CC.CC1CCCC(C)(C)C1. The Morgan fingerprint density at radius 1 is 1.18 bits per heavy atom. The van der Waals surface area contributed by atoms with Crippen molar-refractivity contribution in [3.05, 3.63) is 0 Å². The Morgan fingerprint density at radius 2 is 1.73 bits per heavy atom. The van der Waals surface area contributed by atoms with E-state index < -0.39 is 0 Å². The van der Waals surface area contributed by atoms with Gasteiger partial charge in [0, 0.05) is 0 Å². The lowest BCUT2D eigenvalue weighted by Crippen LogP contribution is -2.20. The van der Waals surface area contributed by atoms with Crippen molar-refractivity contribution in [2.24, 2.45) is 11.3 Å². The number of rotatable bonds is 0. The molecule has 0 amide bonds. The van der Waals surface area contributed by atoms with Gasteiger partial charge in [-0.2, -0.15) is 0 Å². The fourth-order valence-corrected chi connectivity index (χ4v) is 2.08. The largest absolute Gasteiger partial charge is 0.0683 e. The molecule has 11 heavy (non-hydrogen) atoms. The van der Waals surface area contributed by atoms with E-state index in [1.807, 2.05) is 13.8 Å². The lowest BCUT2D eigenvalue weighted by atomic mass is 9.73. The molecule has 0 bridgehead atoms. The van der Waals surface area contributed by atoms with Crippen LogP contribution in [-0.2, 0) is 0 Å². The molecule has 1 aliphatic rings. The molecule has 1 fully saturated rings. The van der Waals surface area contributed by atoms with Gasteiger partial charge in [0.15, 0.2) is 0 Å². The minimum absolute atomic E-state index is 0.650. The van der Waals surface area contributed by atoms with Crippen LogP contribution >= 0.6 is 0 Å². The molecule has 0 radical (unpaired) electrons. The molecule has 0 heterocycles. The highest BCUT2D eigenvalue weighted by Gasteiger charge is 2.24. The van der Waals surface area contributed by atoms with Gasteiger partial charge in [-0.3, -0.25) is 0 Å². The molecule has 68 valence electrons. The average Bonchev–Trinajstić information content (AvgIpc) is 1.89. The maximum Gasteiger partial charge on any atom is -0.0352 e. The fourth-order valence-electron chi connectivity index (χ4n) is 2.08. The van der Waals surface area contributed by atoms with Crippen LogP contribution < -0.4 is 0 Å². The summed E-state index contributed by atoms with van der Waals surface area (Å²) in [6.45, 7) is 11.2. The predicted molar refractivity (Wildman–Crippen MR) is 52.8 cm³/mol. The van der Waals surface area contributed by atoms with Crippen molar-refractivity contribution < 1.29 is 0 Å². The summed E-state index contributed by atoms with van der Waals surface area (Å²) >= 11 is 0. The molecule has 1 aliphatic carbocycles. The molecular weight excluding hydrogens is 132 g/mol. The minimum atomic E-state index is 0.650. The molecule has 1 atom stereocenters. The molecule has 1 unspecified atom stereocenters. The van der Waals surface area contributed by atoms with Crippen molar-refractivity contribution in [2.45, 2.75) is 60.3 Å². The zero-order valence-corrected chi connectivity index (χ0v) is 8.91. The lowest BCUT2D eigenvalue weighted by molar-refractivity contribution is 0.191. The minimum Gasteiger partial charge on any atom is -0.0683 e. The molecule has 0 N–H and O–H groups in total. The Kier molecular flexibility index (Phi) is 4.79. The summed E-state index contributed by atoms with van der Waals surface area (Å²) in [6, 6.07) is 0. The maximum absolute atomic E-state index is 2.39. The highest BCUT2D eigenvalue weighted by Crippen LogP contribution is 2.37. The second-order valence-corrected chi connectivity index (χ2v) is 4.37. The topological polar surface area (TPSA) is 0 Å². The van der Waals surface area contributed by atoms with E-state index in [0.29, 0.717) is 5.41 Å². The molecule has 0 aliphatic heterocycles. The first-order valence-electron chi connectivity index (χ1n) is 5.10. The number of hydrogen-bond acceptors (Lipinski definition) is 0. The summed E-state index contributed by atoms with van der Waals surface area (Å²) in [5.74, 6) is 0.980. The Bertz CT molecular complexity index is 92.2. The summed E-state index contributed by atoms with van der Waals surface area (Å²) < 4.78 is 0. The zero-order valence-electron chi connectivity index (χ0n) is 8.91. The van der Waals surface area contributed by atoms with Gasteiger partial charge >= 0.3 is 0 Å². The van der Waals surface area contributed by atoms with E-state index in [1.165, 1.54) is 25.7 Å². The van der Waals surface area contributed by atoms with Crippen LogP contribution in [0.3, 0.4) is 0 Å². The second-order valence-electron chi connectivity index (χ2n) is 4.37. The Hall–Kier alpha value is 0. The van der Waals surface area contributed by atoms with Gasteiger partial charge < -0.3 is 0 Å². The molecule has 1 rings (SSSR count). The number of hydrogen-bond donors (Lipinski definition) is 0. The first kappa shape index (κ1) is 11.0. The molecule has 0 aromatic rings. The van der Waals surface area contributed by atoms with E-state index in [2.05, 4.69) is 20.8 Å². The van der Waals surface area contributed by atoms with Crippen LogP contribution in [0.4, 0.5) is 0 Å². The Labute approximate surface area is 72.4 Å². The fraction of sp³-hybridized carbons (Fsp3) is 1.00. The first-order valence-corrected chi connectivity index (χ1v) is 5.10. The van der Waals surface area contributed by atoms with Gasteiger partial charge in [-0.25, -0.2) is 0 Å². The van der Waals surface area contributed by atoms with Crippen molar-refractivity contribution in [2.75, 3.05) is 0 Å². The summed E-state index contributed by atoms with van der Waals surface area (Å²) in [6.07, 6.45) is 5.79. The van der Waals surface area contributed by atoms with Gasteiger partial charge in [-0.15, -0.1) is 0 Å². The summed E-state index contributed by atoms with van der Waals surface area (Å²) in [5, 5.41) is 0. The molecule has 0 saturated heterocycles. The van der Waals surface area contributed by atoms with Crippen molar-refractivity contribution in [3.63, 3.8) is 0 Å². The summed E-state index contributed by atoms with van der Waals surface area (Å²) in [5.41, 5.74) is 0.650. The standard InChI is InChI=1S/C9H18.C2H6/c1-8-5-4-6-9(2,3)7-8;1-2/h8H,4-7H2,1-3H3;1-2H3. The molecular formula is C11H24. The maximum atomic E-state index is 2.39. The van der Waals surface area contributed by atoms with E-state index in [4.69, 9.17) is 0 Å². The van der Waals surface area contributed by atoms with Gasteiger partial charge in [-0.1, -0.05) is 47.5 Å². The van der Waals surface area contributed by atoms with E-state index in [1.54, 1.807) is 0 Å². The van der Waals surface area contributed by atoms with E-state index >= 15 is 0 Å². The van der Waals surface area contributed by atoms with Crippen LogP contribution in [0, 0.1) is 11.3 Å². The smallest absolute Gasteiger partial charge is 0.0352 e. The van der Waals surface area contributed by atoms with Crippen molar-refractivity contribution in [1.82, 2.24) is 0 Å². The van der Waals surface area contributed by atoms with Crippen LogP contribution in [0.2, 0.25) is 0 Å². The average molecular weight is 156 g/mol. The van der Waals surface area contributed by atoms with Crippen LogP contribution in [0.5, 0.6) is 0 Å². The molecule has 0 nitrogen and oxygen atoms in total. The van der Waals surface area contributed by atoms with Crippen LogP contribution in [-0.4, -0.2) is 0 Å². The monoisotopic (exact) mass is 156 g/mol. The third-order valence-corrected chi connectivity index (χ3v) is 2.45. The van der Waals surface area contributed by atoms with Gasteiger partial charge in [0.05, 0.1) is 0 Å². The van der Waals surface area contributed by atoms with Gasteiger partial charge in [0.25, 0.3) is 0 Å². The zero-order chi connectivity index (χ0) is 8.91. The van der Waals surface area contributed by atoms with Crippen LogP contribution in [0.15, 0.2) is 0 Å². The third kappa shape index (κ3) is 4.44. The van der Waals surface area contributed by atoms with Gasteiger partial charge in [-0.05, 0) is 24.2 Å². The molecule has 0 aromatic heterocycles. The normalized spacial score (nSPS) is 28.6. The molecule has 0 heteroatoms. The van der Waals surface area contributed by atoms with E-state index in [0.717, 1.165) is 5.92 Å². The van der Waals surface area contributed by atoms with Crippen molar-refractivity contribution in [3.8, 4) is 0 Å². The summed E-state index contributed by atoms with van der Waals surface area (Å²) in [7, 11) is 0. The van der Waals surface area contributed by atoms with Gasteiger partial charge in [0.2, 0.25) is 0 Å². The highest BCUT2D eigenvalue weighted by molar-refractivity contribution is 4.76. The Morgan fingerprint density at radius 3 is 2.00 bits per heavy atom. The van der Waals surface area contributed by atoms with Crippen LogP contribution in [0.1, 0.15) is 60.3 Å². The highest BCUT2D eigenvalue weighted by atomic mass is 14.3. The second kappa shape index (κ2) is 4.79. The predicted octanol–water partition coefficient (Wildman–Crippen LogP) is 4.25. The summed E-state index contributed by atoms with van der Waals surface area (Å²) in [4.78, 5) is 0. The lowest BCUT2D eigenvalue weighted by Gasteiger charge is -2.33. The van der Waals surface area contributed by atoms with E-state index in [-0.39, 0.29) is 0 Å². The van der Waals surface area contributed by atoms with Crippen molar-refractivity contribution in [1.29, 1.82) is 0 Å². The van der Waals surface area contributed by atoms with Gasteiger partial charge in [0.1, 0.15) is 0 Å². The third-order valence-electron chi connectivity index (χ3n) is 2.45. The van der Waals surface area contributed by atoms with Crippen molar-refractivity contribution >= 4 is 0 Å². The quantitative estimate of drug-likeness (QED) is 0.492. The molecule has 0 spiro atoms. The van der Waals surface area contributed by atoms with E-state index in [9.17, 15) is 0 Å². The molecule has 1 saturated carbocycles. The first-order chi connectivity index (χ1) is 5.10. The molecule has 0 aromatic carbocycles. The van der Waals surface area contributed by atoms with Crippen LogP contribution in [0.25, 0.3) is 0 Å².